The molecule has 1 fully saturated rings. The number of alkyl halides is 1. The van der Waals surface area contributed by atoms with Gasteiger partial charge in [0.15, 0.2) is 0 Å². The van der Waals surface area contributed by atoms with Gasteiger partial charge in [0.05, 0.1) is 5.75 Å². The van der Waals surface area contributed by atoms with E-state index in [2.05, 4.69) is 9.36 Å². The van der Waals surface area contributed by atoms with Gasteiger partial charge in [-0.1, -0.05) is 0 Å². The maximum Gasteiger partial charge on any atom is 0.228 e. The second-order valence-electron chi connectivity index (χ2n) is 3.55. The largest absolute Gasteiger partial charge is 0.228 e. The van der Waals surface area contributed by atoms with E-state index in [1.54, 1.807) is 0 Å². The minimum absolute atomic E-state index is 0.0653. The van der Waals surface area contributed by atoms with Gasteiger partial charge in [-0.3, -0.25) is 0 Å². The van der Waals surface area contributed by atoms with Crippen LogP contribution in [0.2, 0.25) is 0 Å². The van der Waals surface area contributed by atoms with Crippen LogP contribution in [0.3, 0.4) is 0 Å². The predicted molar refractivity (Wildman–Crippen MR) is 59.3 cm³/mol. The minimum atomic E-state index is -3.25. The lowest BCUT2D eigenvalue weighted by Gasteiger charge is -1.96. The van der Waals surface area contributed by atoms with Crippen LogP contribution in [0.1, 0.15) is 31.0 Å². The molecule has 0 unspecified atom stereocenters. The molecule has 15 heavy (non-hydrogen) atoms. The van der Waals surface area contributed by atoms with Gasteiger partial charge >= 0.3 is 0 Å². The molecule has 0 aliphatic heterocycles. The van der Waals surface area contributed by atoms with Crippen molar-refractivity contribution < 1.29 is 8.42 Å². The Bertz CT molecular complexity index is 439. The van der Waals surface area contributed by atoms with Crippen molar-refractivity contribution >= 4 is 33.0 Å². The van der Waals surface area contributed by atoms with Crippen molar-refractivity contribution in [1.82, 2.24) is 9.36 Å². The Morgan fingerprint density at radius 2 is 2.20 bits per heavy atom. The molecule has 0 aromatic carbocycles. The van der Waals surface area contributed by atoms with Gasteiger partial charge in [0.1, 0.15) is 5.82 Å². The summed E-state index contributed by atoms with van der Waals surface area (Å²) in [6, 6.07) is 0. The van der Waals surface area contributed by atoms with Crippen molar-refractivity contribution in [2.45, 2.75) is 29.5 Å². The first kappa shape index (κ1) is 11.3. The van der Waals surface area contributed by atoms with Crippen LogP contribution in [0.15, 0.2) is 4.34 Å². The zero-order valence-corrected chi connectivity index (χ0v) is 10.4. The molecule has 0 amide bonds. The summed E-state index contributed by atoms with van der Waals surface area (Å²) in [6.45, 7) is 0. The maximum atomic E-state index is 11.7. The molecular weight excluding hydrogens is 256 g/mol. The van der Waals surface area contributed by atoms with Crippen molar-refractivity contribution in [2.75, 3.05) is 11.6 Å². The summed E-state index contributed by atoms with van der Waals surface area (Å²) >= 11 is 6.45. The molecule has 7 heteroatoms. The summed E-state index contributed by atoms with van der Waals surface area (Å²) in [7, 11) is -3.25. The van der Waals surface area contributed by atoms with Crippen LogP contribution in [-0.4, -0.2) is 29.4 Å². The fraction of sp³-hybridized carbons (Fsp3) is 0.750. The van der Waals surface area contributed by atoms with Crippen LogP contribution < -0.4 is 0 Å². The highest BCUT2D eigenvalue weighted by molar-refractivity contribution is 7.93. The van der Waals surface area contributed by atoms with Gasteiger partial charge in [0.25, 0.3) is 0 Å². The Morgan fingerprint density at radius 3 is 2.80 bits per heavy atom. The Kier molecular flexibility index (Phi) is 3.27. The van der Waals surface area contributed by atoms with Crippen LogP contribution in [-0.2, 0) is 9.84 Å². The summed E-state index contributed by atoms with van der Waals surface area (Å²) in [6.07, 6.45) is 2.62. The lowest BCUT2D eigenvalue weighted by Crippen LogP contribution is -2.07. The van der Waals surface area contributed by atoms with Crippen molar-refractivity contribution in [3.05, 3.63) is 5.82 Å². The molecule has 1 aliphatic rings. The van der Waals surface area contributed by atoms with Crippen molar-refractivity contribution in [2.24, 2.45) is 0 Å². The Balaban J connectivity index is 2.13. The van der Waals surface area contributed by atoms with Crippen molar-refractivity contribution in [1.29, 1.82) is 0 Å². The molecule has 0 N–H and O–H groups in total. The molecule has 1 aromatic heterocycles. The monoisotopic (exact) mass is 266 g/mol. The molecule has 0 radical (unpaired) electrons. The summed E-state index contributed by atoms with van der Waals surface area (Å²) in [5.41, 5.74) is 0. The predicted octanol–water partition coefficient (Wildman–Crippen LogP) is 1.82. The van der Waals surface area contributed by atoms with E-state index >= 15 is 0 Å². The van der Waals surface area contributed by atoms with E-state index in [0.29, 0.717) is 24.0 Å². The Labute approximate surface area is 97.8 Å². The number of halogens is 1. The standard InChI is InChI=1S/C8H11ClN2O2S2/c9-4-1-5-15(12,13)8-10-7(11-14-8)6-2-3-6/h6H,1-5H2. The highest BCUT2D eigenvalue weighted by Gasteiger charge is 2.30. The first-order valence-corrected chi connectivity index (χ1v) is 7.72. The first-order chi connectivity index (χ1) is 7.13. The molecule has 0 spiro atoms. The highest BCUT2D eigenvalue weighted by atomic mass is 35.5. The van der Waals surface area contributed by atoms with Gasteiger partial charge in [-0.25, -0.2) is 13.4 Å². The number of hydrogen-bond donors (Lipinski definition) is 0. The lowest BCUT2D eigenvalue weighted by molar-refractivity contribution is 0.593. The summed E-state index contributed by atoms with van der Waals surface area (Å²) in [5.74, 6) is 1.52. The normalized spacial score (nSPS) is 16.9. The molecule has 0 atom stereocenters. The minimum Gasteiger partial charge on any atom is -0.221 e. The molecule has 1 heterocycles. The second-order valence-corrected chi connectivity index (χ2v) is 6.97. The average molecular weight is 267 g/mol. The zero-order valence-electron chi connectivity index (χ0n) is 8.02. The highest BCUT2D eigenvalue weighted by Crippen LogP contribution is 2.39. The fourth-order valence-corrected chi connectivity index (χ4v) is 3.72. The summed E-state index contributed by atoms with van der Waals surface area (Å²) in [5, 5.41) is 0. The molecule has 0 bridgehead atoms. The molecule has 0 saturated heterocycles. The molecule has 1 aromatic rings. The lowest BCUT2D eigenvalue weighted by atomic mass is 10.4. The third-order valence-corrected chi connectivity index (χ3v) is 5.41. The van der Waals surface area contributed by atoms with Crippen LogP contribution in [0.25, 0.3) is 0 Å². The summed E-state index contributed by atoms with van der Waals surface area (Å²) in [4.78, 5) is 4.07. The fourth-order valence-electron chi connectivity index (χ4n) is 1.19. The molecule has 4 nitrogen and oxygen atoms in total. The van der Waals surface area contributed by atoms with Crippen LogP contribution in [0, 0.1) is 0 Å². The number of sulfone groups is 1. The van der Waals surface area contributed by atoms with E-state index in [4.69, 9.17) is 11.6 Å². The quantitative estimate of drug-likeness (QED) is 0.763. The SMILES string of the molecule is O=S(=O)(CCCCl)c1nc(C2CC2)ns1. The Morgan fingerprint density at radius 1 is 1.47 bits per heavy atom. The van der Waals surface area contributed by atoms with Crippen LogP contribution in [0.5, 0.6) is 0 Å². The second kappa shape index (κ2) is 4.35. The molecule has 84 valence electrons. The summed E-state index contributed by atoms with van der Waals surface area (Å²) < 4.78 is 27.6. The van der Waals surface area contributed by atoms with Crippen LogP contribution in [0.4, 0.5) is 0 Å². The van der Waals surface area contributed by atoms with E-state index in [9.17, 15) is 8.42 Å². The van der Waals surface area contributed by atoms with E-state index < -0.39 is 9.84 Å². The van der Waals surface area contributed by atoms with E-state index in [1.807, 2.05) is 0 Å². The van der Waals surface area contributed by atoms with Gasteiger partial charge in [-0.2, -0.15) is 4.37 Å². The third-order valence-electron chi connectivity index (χ3n) is 2.18. The van der Waals surface area contributed by atoms with Gasteiger partial charge in [0, 0.05) is 11.8 Å². The van der Waals surface area contributed by atoms with Crippen molar-refractivity contribution in [3.8, 4) is 0 Å². The topological polar surface area (TPSA) is 59.9 Å². The van der Waals surface area contributed by atoms with Gasteiger partial charge in [0.2, 0.25) is 14.2 Å². The average Bonchev–Trinajstić information content (AvgIpc) is 2.93. The first-order valence-electron chi connectivity index (χ1n) is 4.76. The third kappa shape index (κ3) is 2.68. The zero-order chi connectivity index (χ0) is 10.9. The number of nitrogens with zero attached hydrogens (tertiary/aromatic N) is 2. The van der Waals surface area contributed by atoms with Gasteiger partial charge < -0.3 is 0 Å². The molecule has 2 rings (SSSR count). The molecule has 1 aliphatic carbocycles. The molecular formula is C8H11ClN2O2S2. The molecule has 1 saturated carbocycles. The van der Waals surface area contributed by atoms with Crippen molar-refractivity contribution in [3.63, 3.8) is 0 Å². The van der Waals surface area contributed by atoms with Gasteiger partial charge in [-0.05, 0) is 30.8 Å². The number of hydrogen-bond acceptors (Lipinski definition) is 5. The van der Waals surface area contributed by atoms with E-state index in [1.165, 1.54) is 0 Å². The number of rotatable bonds is 5. The number of aromatic nitrogens is 2. The van der Waals surface area contributed by atoms with E-state index in [-0.39, 0.29) is 10.1 Å². The smallest absolute Gasteiger partial charge is 0.221 e. The van der Waals surface area contributed by atoms with Gasteiger partial charge in [-0.15, -0.1) is 11.6 Å². The van der Waals surface area contributed by atoms with Crippen LogP contribution >= 0.6 is 23.1 Å². The Hall–Kier alpha value is -0.200. The van der Waals surface area contributed by atoms with E-state index in [0.717, 1.165) is 24.4 Å². The maximum absolute atomic E-state index is 11.7.